The second-order valence-corrected chi connectivity index (χ2v) is 6.35. The third-order valence-corrected chi connectivity index (χ3v) is 4.92. The molecule has 2 aliphatic rings. The van der Waals surface area contributed by atoms with Crippen LogP contribution in [0.5, 0.6) is 0 Å². The van der Waals surface area contributed by atoms with Gasteiger partial charge < -0.3 is 10.0 Å². The number of nitrogens with zero attached hydrogens (tertiary/aromatic N) is 1. The fourth-order valence-electron chi connectivity index (χ4n) is 3.78. The number of aliphatic hydroxyl groups excluding tert-OH is 1. The molecule has 0 spiro atoms. The first-order valence-electron chi connectivity index (χ1n) is 7.76. The van der Waals surface area contributed by atoms with Gasteiger partial charge in [0.15, 0.2) is 0 Å². The van der Waals surface area contributed by atoms with Crippen molar-refractivity contribution in [1.82, 2.24) is 4.90 Å². The van der Waals surface area contributed by atoms with Gasteiger partial charge in [-0.15, -0.1) is 0 Å². The largest absolute Gasteiger partial charge is 0.388 e. The molecule has 0 aromatic heterocycles. The van der Waals surface area contributed by atoms with Crippen LogP contribution in [0.4, 0.5) is 0 Å². The number of benzene rings is 1. The first kappa shape index (κ1) is 13.1. The van der Waals surface area contributed by atoms with Crippen molar-refractivity contribution < 1.29 is 5.11 Å². The van der Waals surface area contributed by atoms with E-state index in [2.05, 4.69) is 4.90 Å². The molecule has 0 amide bonds. The maximum atomic E-state index is 10.2. The van der Waals surface area contributed by atoms with Crippen LogP contribution in [0.1, 0.15) is 43.8 Å². The quantitative estimate of drug-likeness (QED) is 0.897. The summed E-state index contributed by atoms with van der Waals surface area (Å²) < 4.78 is 0. The third kappa shape index (κ3) is 3.37. The molecule has 3 rings (SSSR count). The Bertz CT molecular complexity index is 392. The summed E-state index contributed by atoms with van der Waals surface area (Å²) in [5.74, 6) is 1.93. The Kier molecular flexibility index (Phi) is 4.19. The molecule has 2 nitrogen and oxygen atoms in total. The lowest BCUT2D eigenvalue weighted by Crippen LogP contribution is -2.30. The fourth-order valence-corrected chi connectivity index (χ4v) is 3.78. The van der Waals surface area contributed by atoms with Crippen LogP contribution in [-0.4, -0.2) is 29.6 Å². The monoisotopic (exact) mass is 259 g/mol. The van der Waals surface area contributed by atoms with Gasteiger partial charge in [-0.1, -0.05) is 36.8 Å². The lowest BCUT2D eigenvalue weighted by Gasteiger charge is -2.25. The number of aliphatic hydroxyl groups is 1. The van der Waals surface area contributed by atoms with Gasteiger partial charge in [0.2, 0.25) is 0 Å². The van der Waals surface area contributed by atoms with Crippen molar-refractivity contribution in [1.29, 1.82) is 0 Å². The summed E-state index contributed by atoms with van der Waals surface area (Å²) in [6.45, 7) is 3.54. The summed E-state index contributed by atoms with van der Waals surface area (Å²) in [5.41, 5.74) is 1.05. The Morgan fingerprint density at radius 3 is 2.74 bits per heavy atom. The van der Waals surface area contributed by atoms with Crippen LogP contribution in [0, 0.1) is 11.8 Å². The van der Waals surface area contributed by atoms with E-state index in [4.69, 9.17) is 0 Å². The summed E-state index contributed by atoms with van der Waals surface area (Å²) in [6, 6.07) is 10.1. The molecule has 2 fully saturated rings. The van der Waals surface area contributed by atoms with Gasteiger partial charge in [-0.3, -0.25) is 0 Å². The zero-order chi connectivity index (χ0) is 13.1. The Morgan fingerprint density at radius 1 is 1.11 bits per heavy atom. The predicted molar refractivity (Wildman–Crippen MR) is 77.9 cm³/mol. The van der Waals surface area contributed by atoms with Crippen molar-refractivity contribution in [2.45, 2.75) is 38.2 Å². The predicted octanol–water partition coefficient (Wildman–Crippen LogP) is 3.23. The Morgan fingerprint density at radius 2 is 1.89 bits per heavy atom. The van der Waals surface area contributed by atoms with E-state index in [-0.39, 0.29) is 6.10 Å². The van der Waals surface area contributed by atoms with Gasteiger partial charge in [-0.25, -0.2) is 0 Å². The third-order valence-electron chi connectivity index (χ3n) is 4.92. The molecule has 2 bridgehead atoms. The second-order valence-electron chi connectivity index (χ2n) is 6.35. The van der Waals surface area contributed by atoms with E-state index in [0.29, 0.717) is 0 Å². The molecule has 104 valence electrons. The van der Waals surface area contributed by atoms with Crippen molar-refractivity contribution in [2.24, 2.45) is 11.8 Å². The molecule has 1 saturated carbocycles. The van der Waals surface area contributed by atoms with E-state index >= 15 is 0 Å². The van der Waals surface area contributed by atoms with Crippen LogP contribution in [0.25, 0.3) is 0 Å². The lowest BCUT2D eigenvalue weighted by atomic mass is 10.0. The van der Waals surface area contributed by atoms with Crippen LogP contribution in [0.15, 0.2) is 30.3 Å². The van der Waals surface area contributed by atoms with Crippen LogP contribution in [0.3, 0.4) is 0 Å². The molecule has 1 N–H and O–H groups in total. The molecule has 3 atom stereocenters. The van der Waals surface area contributed by atoms with Gasteiger partial charge in [0.05, 0.1) is 6.10 Å². The zero-order valence-electron chi connectivity index (χ0n) is 11.7. The molecule has 0 unspecified atom stereocenters. The summed E-state index contributed by atoms with van der Waals surface area (Å²) >= 11 is 0. The highest BCUT2D eigenvalue weighted by atomic mass is 16.3. The zero-order valence-corrected chi connectivity index (χ0v) is 11.7. The van der Waals surface area contributed by atoms with Crippen molar-refractivity contribution in [3.05, 3.63) is 35.9 Å². The van der Waals surface area contributed by atoms with Gasteiger partial charge in [-0.05, 0) is 49.6 Å². The van der Waals surface area contributed by atoms with Crippen LogP contribution < -0.4 is 0 Å². The van der Waals surface area contributed by atoms with E-state index in [1.165, 1.54) is 38.8 Å². The number of likely N-dealkylation sites (tertiary alicyclic amines) is 1. The Hall–Kier alpha value is -0.860. The van der Waals surface area contributed by atoms with E-state index in [9.17, 15) is 5.11 Å². The average molecular weight is 259 g/mol. The molecule has 1 aliphatic heterocycles. The number of rotatable bonds is 4. The molecule has 1 aromatic carbocycles. The molecule has 0 radical (unpaired) electrons. The van der Waals surface area contributed by atoms with E-state index in [1.54, 1.807) is 0 Å². The summed E-state index contributed by atoms with van der Waals surface area (Å²) in [4.78, 5) is 2.58. The SMILES string of the molecule is O[C@@H](CCN1CC[C@@H]2CC[C@@H](C2)C1)c1ccccc1. The van der Waals surface area contributed by atoms with E-state index in [0.717, 1.165) is 30.4 Å². The lowest BCUT2D eigenvalue weighted by molar-refractivity contribution is 0.136. The molecular weight excluding hydrogens is 234 g/mol. The van der Waals surface area contributed by atoms with Crippen LogP contribution >= 0.6 is 0 Å². The maximum Gasteiger partial charge on any atom is 0.0802 e. The van der Waals surface area contributed by atoms with Crippen molar-refractivity contribution >= 4 is 0 Å². The highest BCUT2D eigenvalue weighted by molar-refractivity contribution is 5.17. The minimum absolute atomic E-state index is 0.304. The molecular formula is C17H25NO. The minimum atomic E-state index is -0.304. The molecule has 1 saturated heterocycles. The fraction of sp³-hybridized carbons (Fsp3) is 0.647. The van der Waals surface area contributed by atoms with Gasteiger partial charge >= 0.3 is 0 Å². The van der Waals surface area contributed by atoms with Crippen molar-refractivity contribution in [3.63, 3.8) is 0 Å². The van der Waals surface area contributed by atoms with Gasteiger partial charge in [0, 0.05) is 13.1 Å². The minimum Gasteiger partial charge on any atom is -0.388 e. The first-order chi connectivity index (χ1) is 9.31. The Labute approximate surface area is 116 Å². The van der Waals surface area contributed by atoms with Crippen molar-refractivity contribution in [2.75, 3.05) is 19.6 Å². The first-order valence-corrected chi connectivity index (χ1v) is 7.76. The van der Waals surface area contributed by atoms with Crippen LogP contribution in [0.2, 0.25) is 0 Å². The summed E-state index contributed by atoms with van der Waals surface area (Å²) in [7, 11) is 0. The average Bonchev–Trinajstić information content (AvgIpc) is 2.78. The van der Waals surface area contributed by atoms with Crippen LogP contribution in [-0.2, 0) is 0 Å². The molecule has 1 aliphatic carbocycles. The van der Waals surface area contributed by atoms with Gasteiger partial charge in [0.25, 0.3) is 0 Å². The molecule has 2 heteroatoms. The maximum absolute atomic E-state index is 10.2. The van der Waals surface area contributed by atoms with Gasteiger partial charge in [0.1, 0.15) is 0 Å². The van der Waals surface area contributed by atoms with Gasteiger partial charge in [-0.2, -0.15) is 0 Å². The molecule has 1 heterocycles. The standard InChI is InChI=1S/C17H25NO/c19-17(16-4-2-1-3-5-16)9-11-18-10-8-14-6-7-15(12-14)13-18/h1-5,14-15,17,19H,6-13H2/t14-,15-,17-/m0/s1. The smallest absolute Gasteiger partial charge is 0.0802 e. The highest BCUT2D eigenvalue weighted by Gasteiger charge is 2.29. The topological polar surface area (TPSA) is 23.5 Å². The Balaban J connectivity index is 1.49. The second kappa shape index (κ2) is 6.06. The van der Waals surface area contributed by atoms with Crippen molar-refractivity contribution in [3.8, 4) is 0 Å². The molecule has 19 heavy (non-hydrogen) atoms. The van der Waals surface area contributed by atoms with E-state index < -0.39 is 0 Å². The summed E-state index contributed by atoms with van der Waals surface area (Å²) in [5, 5.41) is 10.2. The summed E-state index contributed by atoms with van der Waals surface area (Å²) in [6.07, 6.45) is 6.28. The number of hydrogen-bond acceptors (Lipinski definition) is 2. The number of fused-ring (bicyclic) bond motifs is 2. The van der Waals surface area contributed by atoms with E-state index in [1.807, 2.05) is 30.3 Å². The normalized spacial score (nSPS) is 29.1. The molecule has 1 aromatic rings. The highest BCUT2D eigenvalue weighted by Crippen LogP contribution is 2.36. The number of hydrogen-bond donors (Lipinski definition) is 1.